The predicted octanol–water partition coefficient (Wildman–Crippen LogP) is 2.55. The van der Waals surface area contributed by atoms with Crippen molar-refractivity contribution in [2.75, 3.05) is 13.1 Å². The summed E-state index contributed by atoms with van der Waals surface area (Å²) >= 11 is 0. The minimum absolute atomic E-state index is 0.0398. The first kappa shape index (κ1) is 19.5. The second-order valence-electron chi connectivity index (χ2n) is 7.35. The molecule has 1 aliphatic rings. The average Bonchev–Trinajstić information content (AvgIpc) is 3.05. The van der Waals surface area contributed by atoms with Crippen LogP contribution in [0, 0.1) is 5.92 Å². The summed E-state index contributed by atoms with van der Waals surface area (Å²) in [6.45, 7) is 10.1. The van der Waals surface area contributed by atoms with Crippen molar-refractivity contribution in [2.24, 2.45) is 5.92 Å². The van der Waals surface area contributed by atoms with E-state index in [9.17, 15) is 9.59 Å². The van der Waals surface area contributed by atoms with Gasteiger partial charge in [-0.15, -0.1) is 0 Å². The predicted molar refractivity (Wildman–Crippen MR) is 98.1 cm³/mol. The summed E-state index contributed by atoms with van der Waals surface area (Å²) in [7, 11) is 0. The Kier molecular flexibility index (Phi) is 7.02. The number of nitrogens with one attached hydrogen (secondary N) is 1. The smallest absolute Gasteiger partial charge is 0.245 e. The van der Waals surface area contributed by atoms with E-state index in [0.29, 0.717) is 5.92 Å². The van der Waals surface area contributed by atoms with Gasteiger partial charge < -0.3 is 14.8 Å². The number of hydrogen-bond donors (Lipinski definition) is 1. The quantitative estimate of drug-likeness (QED) is 0.823. The van der Waals surface area contributed by atoms with Gasteiger partial charge in [0.15, 0.2) is 0 Å². The van der Waals surface area contributed by atoms with Gasteiger partial charge in [0.2, 0.25) is 11.8 Å². The number of carbonyl (C=O) groups excluding carboxylic acids is 2. The first-order chi connectivity index (χ1) is 11.9. The number of likely N-dealkylation sites (tertiary alicyclic amines) is 1. The molecule has 1 saturated heterocycles. The van der Waals surface area contributed by atoms with E-state index in [2.05, 4.69) is 28.0 Å². The van der Waals surface area contributed by atoms with Crippen molar-refractivity contribution < 1.29 is 9.59 Å². The van der Waals surface area contributed by atoms with Crippen LogP contribution in [-0.4, -0.2) is 45.4 Å². The minimum atomic E-state index is -0.430. The molecule has 1 atom stereocenters. The Morgan fingerprint density at radius 2 is 2.00 bits per heavy atom. The van der Waals surface area contributed by atoms with Crippen molar-refractivity contribution in [1.82, 2.24) is 19.8 Å². The molecule has 0 aliphatic carbocycles. The summed E-state index contributed by atoms with van der Waals surface area (Å²) in [6, 6.07) is -0.430. The molecule has 1 N–H and O–H groups in total. The molecule has 2 amide bonds. The standard InChI is InChI=1S/C19H32N4O2/c1-5-6-10-22-13-9-20-18(22)16-7-11-23(12-8-16)19(25)17(14(2)3)21-15(4)24/h9,13-14,16-17H,5-8,10-12H2,1-4H3,(H,21,24)/t17-/m1/s1. The fourth-order valence-electron chi connectivity index (χ4n) is 3.49. The Bertz CT molecular complexity index is 574. The lowest BCUT2D eigenvalue weighted by atomic mass is 9.94. The van der Waals surface area contributed by atoms with Gasteiger partial charge in [-0.2, -0.15) is 0 Å². The molecule has 6 nitrogen and oxygen atoms in total. The maximum Gasteiger partial charge on any atom is 0.245 e. The van der Waals surface area contributed by atoms with E-state index in [0.717, 1.165) is 44.7 Å². The van der Waals surface area contributed by atoms with Crippen LogP contribution in [0.3, 0.4) is 0 Å². The molecule has 0 aromatic carbocycles. The van der Waals surface area contributed by atoms with Crippen LogP contribution in [-0.2, 0) is 16.1 Å². The van der Waals surface area contributed by atoms with E-state index in [1.165, 1.54) is 13.3 Å². The largest absolute Gasteiger partial charge is 0.344 e. The van der Waals surface area contributed by atoms with Gasteiger partial charge in [0.05, 0.1) is 0 Å². The summed E-state index contributed by atoms with van der Waals surface area (Å²) in [5.41, 5.74) is 0. The van der Waals surface area contributed by atoms with Crippen molar-refractivity contribution in [2.45, 2.75) is 71.9 Å². The lowest BCUT2D eigenvalue weighted by molar-refractivity contribution is -0.138. The van der Waals surface area contributed by atoms with Gasteiger partial charge >= 0.3 is 0 Å². The lowest BCUT2D eigenvalue weighted by Crippen LogP contribution is -2.52. The first-order valence-corrected chi connectivity index (χ1v) is 9.51. The number of carbonyl (C=O) groups is 2. The Hall–Kier alpha value is -1.85. The number of hydrogen-bond acceptors (Lipinski definition) is 3. The number of piperidine rings is 1. The maximum atomic E-state index is 12.8. The van der Waals surface area contributed by atoms with Gasteiger partial charge in [-0.05, 0) is 25.2 Å². The molecule has 0 spiro atoms. The molecule has 2 rings (SSSR count). The zero-order valence-electron chi connectivity index (χ0n) is 16.0. The number of nitrogens with zero attached hydrogens (tertiary/aromatic N) is 3. The van der Waals surface area contributed by atoms with Crippen LogP contribution >= 0.6 is 0 Å². The van der Waals surface area contributed by atoms with Crippen LogP contribution in [0.25, 0.3) is 0 Å². The second-order valence-corrected chi connectivity index (χ2v) is 7.35. The molecule has 140 valence electrons. The first-order valence-electron chi connectivity index (χ1n) is 9.51. The molecule has 1 aromatic heterocycles. The molecule has 0 radical (unpaired) electrons. The minimum Gasteiger partial charge on any atom is -0.344 e. The SMILES string of the molecule is CCCCn1ccnc1C1CCN(C(=O)[C@H](NC(C)=O)C(C)C)CC1. The van der Waals surface area contributed by atoms with Crippen LogP contribution in [0.5, 0.6) is 0 Å². The van der Waals surface area contributed by atoms with Crippen molar-refractivity contribution >= 4 is 11.8 Å². The number of imidazole rings is 1. The average molecular weight is 348 g/mol. The Balaban J connectivity index is 1.95. The summed E-state index contributed by atoms with van der Waals surface area (Å²) in [5.74, 6) is 1.54. The van der Waals surface area contributed by atoms with Crippen molar-refractivity contribution in [1.29, 1.82) is 0 Å². The summed E-state index contributed by atoms with van der Waals surface area (Å²) in [5, 5.41) is 2.80. The van der Waals surface area contributed by atoms with Gasteiger partial charge in [-0.3, -0.25) is 9.59 Å². The zero-order chi connectivity index (χ0) is 18.4. The molecule has 0 saturated carbocycles. The number of amides is 2. The van der Waals surface area contributed by atoms with Crippen molar-refractivity contribution in [3.8, 4) is 0 Å². The van der Waals surface area contributed by atoms with Gasteiger partial charge in [-0.1, -0.05) is 27.2 Å². The van der Waals surface area contributed by atoms with Crippen molar-refractivity contribution in [3.05, 3.63) is 18.2 Å². The molecule has 1 aromatic rings. The van der Waals surface area contributed by atoms with E-state index in [1.54, 1.807) is 0 Å². The maximum absolute atomic E-state index is 12.8. The number of rotatable bonds is 7. The van der Waals surface area contributed by atoms with E-state index < -0.39 is 6.04 Å². The van der Waals surface area contributed by atoms with Crippen LogP contribution < -0.4 is 5.32 Å². The molecular formula is C19H32N4O2. The molecule has 0 unspecified atom stereocenters. The third-order valence-corrected chi connectivity index (χ3v) is 4.96. The third kappa shape index (κ3) is 5.06. The molecule has 1 fully saturated rings. The Morgan fingerprint density at radius 3 is 2.56 bits per heavy atom. The highest BCUT2D eigenvalue weighted by Crippen LogP contribution is 2.27. The number of unbranched alkanes of at least 4 members (excludes halogenated alkanes) is 1. The fraction of sp³-hybridized carbons (Fsp3) is 0.737. The molecular weight excluding hydrogens is 316 g/mol. The van der Waals surface area contributed by atoms with Gasteiger partial charge in [-0.25, -0.2) is 4.98 Å². The zero-order valence-corrected chi connectivity index (χ0v) is 16.0. The molecule has 1 aliphatic heterocycles. The summed E-state index contributed by atoms with van der Waals surface area (Å²) in [6.07, 6.45) is 8.14. The van der Waals surface area contributed by atoms with Crippen LogP contribution in [0.4, 0.5) is 0 Å². The summed E-state index contributed by atoms with van der Waals surface area (Å²) < 4.78 is 2.26. The van der Waals surface area contributed by atoms with E-state index in [-0.39, 0.29) is 17.7 Å². The van der Waals surface area contributed by atoms with Gasteiger partial charge in [0, 0.05) is 44.9 Å². The molecule has 25 heavy (non-hydrogen) atoms. The monoisotopic (exact) mass is 348 g/mol. The summed E-state index contributed by atoms with van der Waals surface area (Å²) in [4.78, 5) is 30.6. The molecule has 2 heterocycles. The van der Waals surface area contributed by atoms with Crippen LogP contribution in [0.1, 0.15) is 65.1 Å². The third-order valence-electron chi connectivity index (χ3n) is 4.96. The normalized spacial score (nSPS) is 16.9. The van der Waals surface area contributed by atoms with E-state index in [4.69, 9.17) is 0 Å². The molecule has 0 bridgehead atoms. The van der Waals surface area contributed by atoms with E-state index in [1.807, 2.05) is 24.9 Å². The van der Waals surface area contributed by atoms with Gasteiger partial charge in [0.25, 0.3) is 0 Å². The fourth-order valence-corrected chi connectivity index (χ4v) is 3.49. The Morgan fingerprint density at radius 1 is 1.32 bits per heavy atom. The van der Waals surface area contributed by atoms with Crippen molar-refractivity contribution in [3.63, 3.8) is 0 Å². The van der Waals surface area contributed by atoms with Gasteiger partial charge in [0.1, 0.15) is 11.9 Å². The number of aromatic nitrogens is 2. The molecule has 6 heteroatoms. The second kappa shape index (κ2) is 9.02. The highest BCUT2D eigenvalue weighted by Gasteiger charge is 2.31. The van der Waals surface area contributed by atoms with Crippen LogP contribution in [0.2, 0.25) is 0 Å². The highest BCUT2D eigenvalue weighted by atomic mass is 16.2. The topological polar surface area (TPSA) is 67.2 Å². The number of aryl methyl sites for hydroxylation is 1. The lowest BCUT2D eigenvalue weighted by Gasteiger charge is -2.35. The highest BCUT2D eigenvalue weighted by molar-refractivity contribution is 5.87. The Labute approximate surface area is 151 Å². The van der Waals surface area contributed by atoms with Crippen LogP contribution in [0.15, 0.2) is 12.4 Å². The van der Waals surface area contributed by atoms with E-state index >= 15 is 0 Å².